The van der Waals surface area contributed by atoms with Gasteiger partial charge in [-0.1, -0.05) is 30.3 Å². The molecule has 0 unspecified atom stereocenters. The van der Waals surface area contributed by atoms with Gasteiger partial charge in [-0.2, -0.15) is 5.10 Å². The van der Waals surface area contributed by atoms with E-state index in [1.54, 1.807) is 15.9 Å². The molecule has 7 nitrogen and oxygen atoms in total. The second-order valence-corrected chi connectivity index (χ2v) is 7.54. The first-order valence-electron chi connectivity index (χ1n) is 9.14. The first-order chi connectivity index (χ1) is 12.9. The van der Waals surface area contributed by atoms with E-state index in [0.717, 1.165) is 17.5 Å². The summed E-state index contributed by atoms with van der Waals surface area (Å²) in [4.78, 5) is 18.1. The Bertz CT molecular complexity index is 818. The van der Waals surface area contributed by atoms with E-state index < -0.39 is 5.60 Å². The van der Waals surface area contributed by atoms with Crippen molar-refractivity contribution in [3.05, 3.63) is 42.2 Å². The lowest BCUT2D eigenvalue weighted by Gasteiger charge is -2.29. The Morgan fingerprint density at radius 3 is 2.52 bits per heavy atom. The van der Waals surface area contributed by atoms with Crippen molar-refractivity contribution in [2.75, 3.05) is 19.7 Å². The number of aliphatic hydroxyl groups excluding tert-OH is 1. The van der Waals surface area contributed by atoms with E-state index in [1.165, 1.54) is 5.57 Å². The number of carbonyl (C=O) groups is 1. The molecule has 1 aliphatic heterocycles. The summed E-state index contributed by atoms with van der Waals surface area (Å²) in [5, 5.41) is 13.3. The molecule has 0 saturated heterocycles. The van der Waals surface area contributed by atoms with Crippen molar-refractivity contribution >= 4 is 11.7 Å². The Kier molecular flexibility index (Phi) is 5.60. The summed E-state index contributed by atoms with van der Waals surface area (Å²) in [6.45, 7) is 7.30. The average Bonchev–Trinajstić information content (AvgIpc) is 3.10. The number of nitrogens with zero attached hydrogens (tertiary/aromatic N) is 4. The zero-order valence-electron chi connectivity index (χ0n) is 16.1. The van der Waals surface area contributed by atoms with Gasteiger partial charge in [-0.25, -0.2) is 9.78 Å². The van der Waals surface area contributed by atoms with Crippen LogP contribution in [0.1, 0.15) is 32.8 Å². The van der Waals surface area contributed by atoms with Crippen LogP contribution in [0.25, 0.3) is 17.0 Å². The van der Waals surface area contributed by atoms with Crippen molar-refractivity contribution < 1.29 is 14.6 Å². The van der Waals surface area contributed by atoms with E-state index in [1.807, 2.05) is 32.9 Å². The molecule has 3 rings (SSSR count). The number of benzene rings is 1. The minimum absolute atomic E-state index is 0.0379. The molecule has 0 saturated carbocycles. The third-order valence-corrected chi connectivity index (χ3v) is 4.24. The average molecular weight is 370 g/mol. The quantitative estimate of drug-likeness (QED) is 0.895. The van der Waals surface area contributed by atoms with Crippen molar-refractivity contribution in [1.82, 2.24) is 19.7 Å². The molecule has 7 heteroatoms. The van der Waals surface area contributed by atoms with Crippen molar-refractivity contribution in [2.45, 2.75) is 39.3 Å². The van der Waals surface area contributed by atoms with E-state index in [0.29, 0.717) is 25.5 Å². The molecular formula is C20H26N4O3. The lowest BCUT2D eigenvalue weighted by molar-refractivity contribution is 0.0270. The van der Waals surface area contributed by atoms with Gasteiger partial charge in [0.2, 0.25) is 0 Å². The lowest BCUT2D eigenvalue weighted by Crippen LogP contribution is -2.39. The van der Waals surface area contributed by atoms with Crippen LogP contribution in [-0.4, -0.2) is 56.2 Å². The molecule has 1 aromatic carbocycles. The number of amides is 1. The summed E-state index contributed by atoms with van der Waals surface area (Å²) in [5.74, 6) is 0.642. The van der Waals surface area contributed by atoms with Crippen LogP contribution in [0.15, 0.2) is 36.7 Å². The zero-order chi connectivity index (χ0) is 19.4. The first-order valence-corrected chi connectivity index (χ1v) is 9.14. The van der Waals surface area contributed by atoms with Gasteiger partial charge < -0.3 is 14.7 Å². The van der Waals surface area contributed by atoms with Gasteiger partial charge in [-0.15, -0.1) is 0 Å². The Morgan fingerprint density at radius 2 is 1.93 bits per heavy atom. The van der Waals surface area contributed by atoms with Crippen molar-refractivity contribution in [3.8, 4) is 11.4 Å². The van der Waals surface area contributed by atoms with E-state index in [9.17, 15) is 4.79 Å². The number of aliphatic hydroxyl groups is 1. The second-order valence-electron chi connectivity index (χ2n) is 7.54. The molecule has 2 heterocycles. The highest BCUT2D eigenvalue weighted by Crippen LogP contribution is 2.25. The predicted molar refractivity (Wildman–Crippen MR) is 103 cm³/mol. The van der Waals surface area contributed by atoms with Gasteiger partial charge in [0, 0.05) is 18.7 Å². The molecule has 144 valence electrons. The number of carbonyl (C=O) groups excluding carboxylic acids is 1. The zero-order valence-corrected chi connectivity index (χ0v) is 16.1. The van der Waals surface area contributed by atoms with Crippen LogP contribution < -0.4 is 0 Å². The molecule has 0 fully saturated rings. The highest BCUT2D eigenvalue weighted by molar-refractivity contribution is 5.73. The molecule has 0 radical (unpaired) electrons. The van der Waals surface area contributed by atoms with Crippen LogP contribution in [0.5, 0.6) is 0 Å². The van der Waals surface area contributed by atoms with Gasteiger partial charge in [0.25, 0.3) is 0 Å². The van der Waals surface area contributed by atoms with E-state index in [-0.39, 0.29) is 12.7 Å². The molecule has 27 heavy (non-hydrogen) atoms. The van der Waals surface area contributed by atoms with Crippen LogP contribution in [0, 0.1) is 0 Å². The summed E-state index contributed by atoms with van der Waals surface area (Å²) >= 11 is 0. The third-order valence-electron chi connectivity index (χ3n) is 4.24. The number of hydrogen-bond acceptors (Lipinski definition) is 5. The van der Waals surface area contributed by atoms with Crippen molar-refractivity contribution in [2.24, 2.45) is 0 Å². The van der Waals surface area contributed by atoms with Crippen LogP contribution >= 0.6 is 0 Å². The smallest absolute Gasteiger partial charge is 0.410 e. The maximum Gasteiger partial charge on any atom is 0.410 e. The minimum atomic E-state index is -0.477. The van der Waals surface area contributed by atoms with Gasteiger partial charge in [-0.05, 0) is 38.3 Å². The molecular weight excluding hydrogens is 344 g/mol. The van der Waals surface area contributed by atoms with Gasteiger partial charge in [-0.3, -0.25) is 4.68 Å². The molecule has 1 aromatic heterocycles. The Balaban J connectivity index is 1.64. The summed E-state index contributed by atoms with van der Waals surface area (Å²) < 4.78 is 7.05. The topological polar surface area (TPSA) is 80.5 Å². The first kappa shape index (κ1) is 19.1. The fourth-order valence-electron chi connectivity index (χ4n) is 2.89. The number of hydrogen-bond donors (Lipinski definition) is 1. The maximum absolute atomic E-state index is 12.1. The van der Waals surface area contributed by atoms with E-state index in [4.69, 9.17) is 9.84 Å². The van der Waals surface area contributed by atoms with Crippen molar-refractivity contribution in [1.29, 1.82) is 0 Å². The van der Waals surface area contributed by atoms with E-state index >= 15 is 0 Å². The fourth-order valence-corrected chi connectivity index (χ4v) is 2.89. The number of rotatable bonds is 4. The van der Waals surface area contributed by atoms with Gasteiger partial charge in [0.05, 0.1) is 13.2 Å². The normalized spacial score (nSPS) is 14.8. The number of aromatic nitrogens is 3. The van der Waals surface area contributed by atoms with Crippen LogP contribution in [-0.2, 0) is 11.3 Å². The maximum atomic E-state index is 12.1. The molecule has 2 aromatic rings. The minimum Gasteiger partial charge on any atom is -0.444 e. The summed E-state index contributed by atoms with van der Waals surface area (Å²) in [6, 6.07) is 8.10. The van der Waals surface area contributed by atoms with Crippen LogP contribution in [0.3, 0.4) is 0 Å². The standard InChI is InChI=1S/C20H26N4O3/c1-20(2,3)27-19(26)23-10-8-16(9-11-23)15-4-6-17(7-5-15)18-21-14-24(22-18)12-13-25/h4-8,14,25H,9-13H2,1-3H3. The molecule has 1 aliphatic rings. The van der Waals surface area contributed by atoms with Gasteiger partial charge in [0.15, 0.2) is 5.82 Å². The molecule has 0 spiro atoms. The molecule has 0 atom stereocenters. The largest absolute Gasteiger partial charge is 0.444 e. The van der Waals surface area contributed by atoms with E-state index in [2.05, 4.69) is 28.3 Å². The molecule has 0 bridgehead atoms. The second kappa shape index (κ2) is 7.92. The highest BCUT2D eigenvalue weighted by atomic mass is 16.6. The van der Waals surface area contributed by atoms with Crippen molar-refractivity contribution in [3.63, 3.8) is 0 Å². The van der Waals surface area contributed by atoms with Crippen LogP contribution in [0.4, 0.5) is 4.79 Å². The van der Waals surface area contributed by atoms with Gasteiger partial charge in [0.1, 0.15) is 11.9 Å². The fraction of sp³-hybridized carbons (Fsp3) is 0.450. The summed E-state index contributed by atoms with van der Waals surface area (Å²) in [7, 11) is 0. The Morgan fingerprint density at radius 1 is 1.22 bits per heavy atom. The third kappa shape index (κ3) is 4.95. The molecule has 1 amide bonds. The molecule has 0 aliphatic carbocycles. The van der Waals surface area contributed by atoms with Crippen LogP contribution in [0.2, 0.25) is 0 Å². The number of ether oxygens (including phenoxy) is 1. The van der Waals surface area contributed by atoms with Gasteiger partial charge >= 0.3 is 6.09 Å². The SMILES string of the molecule is CC(C)(C)OC(=O)N1CC=C(c2ccc(-c3ncn(CCO)n3)cc2)CC1. The summed E-state index contributed by atoms with van der Waals surface area (Å²) in [5.41, 5.74) is 2.81. The predicted octanol–water partition coefficient (Wildman–Crippen LogP) is 2.96. The monoisotopic (exact) mass is 370 g/mol. The molecule has 1 N–H and O–H groups in total. The highest BCUT2D eigenvalue weighted by Gasteiger charge is 2.23. The Hall–Kier alpha value is -2.67. The summed E-state index contributed by atoms with van der Waals surface area (Å²) in [6.07, 6.45) is 4.23. The Labute approximate surface area is 159 Å². The lowest BCUT2D eigenvalue weighted by atomic mass is 9.98.